The number of nitrogens with one attached hydrogen (secondary N) is 1. The van der Waals surface area contributed by atoms with Crippen LogP contribution in [0.3, 0.4) is 0 Å². The second-order valence-electron chi connectivity index (χ2n) is 6.39. The van der Waals surface area contributed by atoms with Gasteiger partial charge >= 0.3 is 6.03 Å². The van der Waals surface area contributed by atoms with Crippen LogP contribution in [-0.4, -0.2) is 50.3 Å². The smallest absolute Gasteiger partial charge is 0.322 e. The number of benzene rings is 2. The zero-order chi connectivity index (χ0) is 18.6. The van der Waals surface area contributed by atoms with Crippen LogP contribution in [0.5, 0.6) is 11.5 Å². The van der Waals surface area contributed by atoms with Gasteiger partial charge in [0.1, 0.15) is 19.3 Å². The number of hydrogen-bond acceptors (Lipinski definition) is 5. The third-order valence-electron chi connectivity index (χ3n) is 4.75. The maximum atomic E-state index is 12.5. The van der Waals surface area contributed by atoms with E-state index in [0.29, 0.717) is 37.6 Å². The van der Waals surface area contributed by atoms with E-state index < -0.39 is 0 Å². The number of nitrogens with zero attached hydrogens (tertiary/aromatic N) is 3. The van der Waals surface area contributed by atoms with Gasteiger partial charge in [0.25, 0.3) is 0 Å². The molecule has 2 aromatic carbocycles. The van der Waals surface area contributed by atoms with Gasteiger partial charge in [-0.05, 0) is 24.3 Å². The maximum Gasteiger partial charge on any atom is 0.322 e. The van der Waals surface area contributed by atoms with E-state index in [1.54, 1.807) is 29.2 Å². The molecule has 2 heterocycles. The van der Waals surface area contributed by atoms with E-state index in [-0.39, 0.29) is 6.03 Å². The Kier molecular flexibility index (Phi) is 4.71. The molecule has 1 saturated heterocycles. The van der Waals surface area contributed by atoms with Gasteiger partial charge in [-0.1, -0.05) is 12.1 Å². The van der Waals surface area contributed by atoms with Crippen LogP contribution in [0, 0.1) is 11.3 Å². The number of nitriles is 1. The van der Waals surface area contributed by atoms with Crippen molar-refractivity contribution in [3.8, 4) is 17.6 Å². The van der Waals surface area contributed by atoms with Crippen LogP contribution >= 0.6 is 0 Å². The average Bonchev–Trinajstić information content (AvgIpc) is 2.74. The minimum absolute atomic E-state index is 0.181. The van der Waals surface area contributed by atoms with E-state index in [4.69, 9.17) is 14.7 Å². The van der Waals surface area contributed by atoms with Crippen molar-refractivity contribution >= 4 is 17.4 Å². The molecule has 0 unspecified atom stereocenters. The van der Waals surface area contributed by atoms with Crippen molar-refractivity contribution in [2.75, 3.05) is 49.6 Å². The molecule has 1 fully saturated rings. The van der Waals surface area contributed by atoms with Gasteiger partial charge in [0.15, 0.2) is 11.5 Å². The number of hydrogen-bond donors (Lipinski definition) is 1. The molecule has 4 rings (SSSR count). The Morgan fingerprint density at radius 3 is 2.52 bits per heavy atom. The van der Waals surface area contributed by atoms with Crippen LogP contribution in [0.1, 0.15) is 5.56 Å². The third kappa shape index (κ3) is 3.60. The Balaban J connectivity index is 1.37. The minimum atomic E-state index is -0.181. The molecule has 0 atom stereocenters. The number of piperazine rings is 1. The number of fused-ring (bicyclic) bond motifs is 1. The summed E-state index contributed by atoms with van der Waals surface area (Å²) in [7, 11) is 0. The molecule has 2 aliphatic rings. The molecule has 0 aliphatic carbocycles. The predicted octanol–water partition coefficient (Wildman–Crippen LogP) is 2.68. The summed E-state index contributed by atoms with van der Waals surface area (Å²) in [5.74, 6) is 1.55. The molecule has 27 heavy (non-hydrogen) atoms. The van der Waals surface area contributed by atoms with Crippen LogP contribution < -0.4 is 19.7 Å². The Labute approximate surface area is 157 Å². The van der Waals surface area contributed by atoms with Crippen LogP contribution in [0.4, 0.5) is 16.2 Å². The van der Waals surface area contributed by atoms with Crippen molar-refractivity contribution in [2.24, 2.45) is 0 Å². The van der Waals surface area contributed by atoms with Crippen LogP contribution in [0.15, 0.2) is 42.5 Å². The molecule has 0 bridgehead atoms. The highest BCUT2D eigenvalue weighted by Gasteiger charge is 2.23. The zero-order valence-electron chi connectivity index (χ0n) is 14.9. The summed E-state index contributed by atoms with van der Waals surface area (Å²) in [4.78, 5) is 16.5. The first kappa shape index (κ1) is 17.0. The Hall–Kier alpha value is -3.40. The second kappa shape index (κ2) is 7.46. The third-order valence-corrected chi connectivity index (χ3v) is 4.75. The van der Waals surface area contributed by atoms with Gasteiger partial charge in [0.05, 0.1) is 11.3 Å². The Morgan fingerprint density at radius 2 is 1.74 bits per heavy atom. The van der Waals surface area contributed by atoms with Crippen molar-refractivity contribution in [3.63, 3.8) is 0 Å². The highest BCUT2D eigenvalue weighted by Crippen LogP contribution is 2.34. The van der Waals surface area contributed by atoms with E-state index in [1.165, 1.54) is 0 Å². The van der Waals surface area contributed by atoms with Gasteiger partial charge in [0, 0.05) is 37.9 Å². The fourth-order valence-corrected chi connectivity index (χ4v) is 3.28. The van der Waals surface area contributed by atoms with Crippen LogP contribution in [0.2, 0.25) is 0 Å². The lowest BCUT2D eigenvalue weighted by Gasteiger charge is -2.36. The molecular formula is C20H20N4O3. The molecule has 138 valence electrons. The fourth-order valence-electron chi connectivity index (χ4n) is 3.28. The number of para-hydroxylation sites is 1. The number of carbonyl (C=O) groups is 1. The van der Waals surface area contributed by atoms with Gasteiger partial charge in [-0.25, -0.2) is 4.79 Å². The highest BCUT2D eigenvalue weighted by molar-refractivity contribution is 5.91. The number of carbonyl (C=O) groups excluding carboxylic acids is 1. The number of anilines is 2. The van der Waals surface area contributed by atoms with Crippen LogP contribution in [-0.2, 0) is 0 Å². The summed E-state index contributed by atoms with van der Waals surface area (Å²) < 4.78 is 11.2. The lowest BCUT2D eigenvalue weighted by Crippen LogP contribution is -2.50. The van der Waals surface area contributed by atoms with Gasteiger partial charge < -0.3 is 24.6 Å². The molecule has 2 amide bonds. The standard InChI is InChI=1S/C20H20N4O3/c21-14-15-3-1-2-4-17(15)22-20(25)24-9-7-23(8-10-24)16-5-6-18-19(13-16)27-12-11-26-18/h1-6,13H,7-12H2,(H,22,25). The zero-order valence-corrected chi connectivity index (χ0v) is 14.9. The van der Waals surface area contributed by atoms with Crippen molar-refractivity contribution in [1.82, 2.24) is 4.90 Å². The predicted molar refractivity (Wildman–Crippen MR) is 101 cm³/mol. The molecule has 0 aromatic heterocycles. The van der Waals surface area contributed by atoms with Crippen LogP contribution in [0.25, 0.3) is 0 Å². The SMILES string of the molecule is N#Cc1ccccc1NC(=O)N1CCN(c2ccc3c(c2)OCCO3)CC1. The van der Waals surface area contributed by atoms with Crippen molar-refractivity contribution in [1.29, 1.82) is 5.26 Å². The van der Waals surface area contributed by atoms with E-state index in [2.05, 4.69) is 16.3 Å². The second-order valence-corrected chi connectivity index (χ2v) is 6.39. The lowest BCUT2D eigenvalue weighted by molar-refractivity contribution is 0.171. The number of rotatable bonds is 2. The van der Waals surface area contributed by atoms with E-state index in [0.717, 1.165) is 30.3 Å². The number of ether oxygens (including phenoxy) is 2. The summed E-state index contributed by atoms with van der Waals surface area (Å²) in [6, 6.07) is 14.9. The molecule has 0 saturated carbocycles. The topological polar surface area (TPSA) is 77.8 Å². The number of amides is 2. The maximum absolute atomic E-state index is 12.5. The van der Waals surface area contributed by atoms with Crippen molar-refractivity contribution < 1.29 is 14.3 Å². The molecule has 0 spiro atoms. The lowest BCUT2D eigenvalue weighted by atomic mass is 10.2. The molecular weight excluding hydrogens is 344 g/mol. The van der Waals surface area contributed by atoms with Gasteiger partial charge in [-0.15, -0.1) is 0 Å². The van der Waals surface area contributed by atoms with Gasteiger partial charge in [-0.3, -0.25) is 0 Å². The molecule has 7 heteroatoms. The first-order valence-corrected chi connectivity index (χ1v) is 8.94. The summed E-state index contributed by atoms with van der Waals surface area (Å²) in [6.07, 6.45) is 0. The van der Waals surface area contributed by atoms with Gasteiger partial charge in [0.2, 0.25) is 0 Å². The van der Waals surface area contributed by atoms with Crippen molar-refractivity contribution in [2.45, 2.75) is 0 Å². The van der Waals surface area contributed by atoms with E-state index >= 15 is 0 Å². The molecule has 7 nitrogen and oxygen atoms in total. The first-order valence-electron chi connectivity index (χ1n) is 8.94. The fraction of sp³-hybridized carbons (Fsp3) is 0.300. The van der Waals surface area contributed by atoms with E-state index in [9.17, 15) is 4.79 Å². The summed E-state index contributed by atoms with van der Waals surface area (Å²) in [5.41, 5.74) is 2.06. The Morgan fingerprint density at radius 1 is 1.00 bits per heavy atom. The van der Waals surface area contributed by atoms with Crippen molar-refractivity contribution in [3.05, 3.63) is 48.0 Å². The number of urea groups is 1. The molecule has 2 aliphatic heterocycles. The molecule has 2 aromatic rings. The largest absolute Gasteiger partial charge is 0.486 e. The quantitative estimate of drug-likeness (QED) is 0.886. The van der Waals surface area contributed by atoms with E-state index in [1.807, 2.05) is 18.2 Å². The summed E-state index contributed by atoms with van der Waals surface area (Å²) in [5, 5.41) is 12.0. The highest BCUT2D eigenvalue weighted by atomic mass is 16.6. The molecule has 0 radical (unpaired) electrons. The normalized spacial score (nSPS) is 15.8. The summed E-state index contributed by atoms with van der Waals surface area (Å²) >= 11 is 0. The minimum Gasteiger partial charge on any atom is -0.486 e. The average molecular weight is 364 g/mol. The van der Waals surface area contributed by atoms with Gasteiger partial charge in [-0.2, -0.15) is 5.26 Å². The summed E-state index contributed by atoms with van der Waals surface area (Å²) in [6.45, 7) is 3.81. The first-order chi connectivity index (χ1) is 13.2. The monoisotopic (exact) mass is 364 g/mol. The Bertz CT molecular complexity index is 885. The molecule has 1 N–H and O–H groups in total.